The second-order valence-corrected chi connectivity index (χ2v) is 5.73. The van der Waals surface area contributed by atoms with Crippen molar-refractivity contribution < 1.29 is 17.9 Å². The molecule has 0 atom stereocenters. The Morgan fingerprint density at radius 1 is 1.43 bits per heavy atom. The number of ether oxygens (including phenoxy) is 1. The third-order valence-electron chi connectivity index (χ3n) is 2.77. The lowest BCUT2D eigenvalue weighted by Crippen LogP contribution is -2.23. The third-order valence-corrected chi connectivity index (χ3v) is 3.68. The fourth-order valence-electron chi connectivity index (χ4n) is 1.72. The Bertz CT molecular complexity index is 741. The molecule has 0 unspecified atom stereocenters. The first-order chi connectivity index (χ1) is 9.91. The van der Waals surface area contributed by atoms with E-state index in [0.29, 0.717) is 17.0 Å². The second-order valence-electron chi connectivity index (χ2n) is 4.17. The number of methoxy groups -OCH3 is 1. The van der Waals surface area contributed by atoms with E-state index < -0.39 is 10.0 Å². The van der Waals surface area contributed by atoms with Crippen molar-refractivity contribution in [2.24, 2.45) is 5.14 Å². The molecule has 0 saturated carbocycles. The van der Waals surface area contributed by atoms with Gasteiger partial charge in [0, 0.05) is 18.3 Å². The van der Waals surface area contributed by atoms with Crippen molar-refractivity contribution in [3.05, 3.63) is 41.7 Å². The molecular formula is C12H14N4O4S. The highest BCUT2D eigenvalue weighted by atomic mass is 32.2. The lowest BCUT2D eigenvalue weighted by molar-refractivity contribution is 0.0945. The number of carbonyl (C=O) groups excluding carboxylic acids is 1. The van der Waals surface area contributed by atoms with E-state index in [1.807, 2.05) is 0 Å². The highest BCUT2D eigenvalue weighted by molar-refractivity contribution is 7.89. The minimum absolute atomic E-state index is 0.0471. The van der Waals surface area contributed by atoms with Gasteiger partial charge in [-0.25, -0.2) is 13.6 Å². The number of hydrogen-bond donors (Lipinski definition) is 3. The standard InChI is InChI=1S/C12H14N4O4S/c1-20-11-3-2-9(21(13,18)19)6-8(11)7-14-12(17)10-4-5-15-16-10/h2-6H,7H2,1H3,(H,14,17)(H,15,16)(H2,13,18,19). The molecule has 1 amide bonds. The Balaban J connectivity index is 2.20. The van der Waals surface area contributed by atoms with Crippen molar-refractivity contribution in [1.82, 2.24) is 15.5 Å². The van der Waals surface area contributed by atoms with Gasteiger partial charge in [-0.2, -0.15) is 5.10 Å². The molecule has 0 saturated heterocycles. The molecule has 112 valence electrons. The Labute approximate surface area is 121 Å². The Kier molecular flexibility index (Phi) is 4.24. The number of aromatic nitrogens is 2. The van der Waals surface area contributed by atoms with Crippen molar-refractivity contribution in [2.45, 2.75) is 11.4 Å². The topological polar surface area (TPSA) is 127 Å². The van der Waals surface area contributed by atoms with Gasteiger partial charge in [-0.15, -0.1) is 0 Å². The number of rotatable bonds is 5. The summed E-state index contributed by atoms with van der Waals surface area (Å²) >= 11 is 0. The van der Waals surface area contributed by atoms with Gasteiger partial charge in [0.15, 0.2) is 0 Å². The van der Waals surface area contributed by atoms with Crippen LogP contribution in [0.15, 0.2) is 35.4 Å². The van der Waals surface area contributed by atoms with E-state index in [-0.39, 0.29) is 17.3 Å². The molecule has 0 radical (unpaired) electrons. The smallest absolute Gasteiger partial charge is 0.269 e. The summed E-state index contributed by atoms with van der Waals surface area (Å²) in [4.78, 5) is 11.7. The van der Waals surface area contributed by atoms with Crippen molar-refractivity contribution in [1.29, 1.82) is 0 Å². The highest BCUT2D eigenvalue weighted by Gasteiger charge is 2.13. The van der Waals surface area contributed by atoms with E-state index in [1.165, 1.54) is 37.6 Å². The zero-order chi connectivity index (χ0) is 15.5. The maximum absolute atomic E-state index is 11.8. The quantitative estimate of drug-likeness (QED) is 0.716. The molecule has 9 heteroatoms. The van der Waals surface area contributed by atoms with Crippen LogP contribution in [0, 0.1) is 0 Å². The predicted octanol–water partition coefficient (Wildman–Crippen LogP) is -0.00430. The van der Waals surface area contributed by atoms with Crippen LogP contribution in [0.4, 0.5) is 0 Å². The lowest BCUT2D eigenvalue weighted by atomic mass is 10.2. The summed E-state index contributed by atoms with van der Waals surface area (Å²) in [6, 6.07) is 5.71. The van der Waals surface area contributed by atoms with E-state index >= 15 is 0 Å². The summed E-state index contributed by atoms with van der Waals surface area (Å²) in [6.45, 7) is 0.0877. The van der Waals surface area contributed by atoms with Crippen LogP contribution < -0.4 is 15.2 Å². The van der Waals surface area contributed by atoms with Gasteiger partial charge in [-0.05, 0) is 24.3 Å². The maximum Gasteiger partial charge on any atom is 0.269 e. The van der Waals surface area contributed by atoms with E-state index in [0.717, 1.165) is 0 Å². The molecule has 1 heterocycles. The highest BCUT2D eigenvalue weighted by Crippen LogP contribution is 2.21. The predicted molar refractivity (Wildman–Crippen MR) is 74.1 cm³/mol. The van der Waals surface area contributed by atoms with Gasteiger partial charge in [0.1, 0.15) is 11.4 Å². The first-order valence-electron chi connectivity index (χ1n) is 5.89. The Morgan fingerprint density at radius 2 is 2.19 bits per heavy atom. The van der Waals surface area contributed by atoms with E-state index in [9.17, 15) is 13.2 Å². The molecule has 1 aromatic carbocycles. The average Bonchev–Trinajstić information content (AvgIpc) is 2.97. The number of benzene rings is 1. The number of H-pyrrole nitrogens is 1. The lowest BCUT2D eigenvalue weighted by Gasteiger charge is -2.10. The number of sulfonamides is 1. The van der Waals surface area contributed by atoms with Gasteiger partial charge in [-0.3, -0.25) is 9.89 Å². The van der Waals surface area contributed by atoms with Gasteiger partial charge in [0.05, 0.1) is 12.0 Å². The first-order valence-corrected chi connectivity index (χ1v) is 7.43. The van der Waals surface area contributed by atoms with Gasteiger partial charge in [0.25, 0.3) is 5.91 Å². The zero-order valence-electron chi connectivity index (χ0n) is 11.2. The summed E-state index contributed by atoms with van der Waals surface area (Å²) in [7, 11) is -2.37. The molecule has 1 aromatic heterocycles. The van der Waals surface area contributed by atoms with Crippen LogP contribution >= 0.6 is 0 Å². The van der Waals surface area contributed by atoms with Crippen LogP contribution in [0.25, 0.3) is 0 Å². The number of aromatic amines is 1. The number of nitrogens with two attached hydrogens (primary N) is 1. The Morgan fingerprint density at radius 3 is 2.76 bits per heavy atom. The van der Waals surface area contributed by atoms with Gasteiger partial charge < -0.3 is 10.1 Å². The molecule has 0 fully saturated rings. The summed E-state index contributed by atoms with van der Waals surface area (Å²) in [5.74, 6) is 0.0860. The summed E-state index contributed by atoms with van der Waals surface area (Å²) in [5, 5.41) is 13.9. The van der Waals surface area contributed by atoms with Crippen LogP contribution in [-0.2, 0) is 16.6 Å². The normalized spacial score (nSPS) is 11.1. The van der Waals surface area contributed by atoms with Crippen molar-refractivity contribution in [3.63, 3.8) is 0 Å². The van der Waals surface area contributed by atoms with Gasteiger partial charge in [-0.1, -0.05) is 0 Å². The van der Waals surface area contributed by atoms with Crippen LogP contribution in [0.3, 0.4) is 0 Å². The van der Waals surface area contributed by atoms with Crippen LogP contribution in [0.2, 0.25) is 0 Å². The molecule has 2 rings (SSSR count). The number of primary sulfonamides is 1. The zero-order valence-corrected chi connectivity index (χ0v) is 12.0. The number of nitrogens with one attached hydrogen (secondary N) is 2. The molecule has 4 N–H and O–H groups in total. The minimum Gasteiger partial charge on any atom is -0.496 e. The van der Waals surface area contributed by atoms with Crippen LogP contribution in [-0.4, -0.2) is 31.6 Å². The molecule has 21 heavy (non-hydrogen) atoms. The monoisotopic (exact) mass is 310 g/mol. The number of nitrogens with zero attached hydrogens (tertiary/aromatic N) is 1. The summed E-state index contributed by atoms with van der Waals surface area (Å²) in [5.41, 5.74) is 0.799. The fraction of sp³-hybridized carbons (Fsp3) is 0.167. The minimum atomic E-state index is -3.82. The van der Waals surface area contributed by atoms with E-state index in [2.05, 4.69) is 15.5 Å². The van der Waals surface area contributed by atoms with Crippen molar-refractivity contribution in [3.8, 4) is 5.75 Å². The van der Waals surface area contributed by atoms with Gasteiger partial charge >= 0.3 is 0 Å². The van der Waals surface area contributed by atoms with Crippen LogP contribution in [0.1, 0.15) is 16.1 Å². The largest absolute Gasteiger partial charge is 0.496 e. The molecule has 0 bridgehead atoms. The van der Waals surface area contributed by atoms with E-state index in [1.54, 1.807) is 0 Å². The van der Waals surface area contributed by atoms with Crippen molar-refractivity contribution in [2.75, 3.05) is 7.11 Å². The van der Waals surface area contributed by atoms with Crippen molar-refractivity contribution >= 4 is 15.9 Å². The van der Waals surface area contributed by atoms with E-state index in [4.69, 9.17) is 9.88 Å². The third kappa shape index (κ3) is 3.58. The average molecular weight is 310 g/mol. The van der Waals surface area contributed by atoms with Gasteiger partial charge in [0.2, 0.25) is 10.0 Å². The number of amides is 1. The van der Waals surface area contributed by atoms with Crippen LogP contribution in [0.5, 0.6) is 5.75 Å². The summed E-state index contributed by atoms with van der Waals surface area (Å²) in [6.07, 6.45) is 1.46. The molecule has 0 aliphatic heterocycles. The first kappa shape index (κ1) is 15.0. The SMILES string of the molecule is COc1ccc(S(N)(=O)=O)cc1CNC(=O)c1ccn[nH]1. The summed E-state index contributed by atoms with van der Waals surface area (Å²) < 4.78 is 27.8. The Hall–Kier alpha value is -2.39. The fourth-order valence-corrected chi connectivity index (χ4v) is 2.29. The molecule has 2 aromatic rings. The molecule has 0 spiro atoms. The maximum atomic E-state index is 11.8. The molecule has 0 aliphatic rings. The molecular weight excluding hydrogens is 296 g/mol. The molecule has 8 nitrogen and oxygen atoms in total. The number of carbonyl (C=O) groups is 1. The number of hydrogen-bond acceptors (Lipinski definition) is 5. The molecule has 0 aliphatic carbocycles. The second kappa shape index (κ2) is 5.94.